The summed E-state index contributed by atoms with van der Waals surface area (Å²) in [6.07, 6.45) is -0.761. The molecule has 2 heterocycles. The lowest BCUT2D eigenvalue weighted by Gasteiger charge is -2.17. The number of ether oxygens (including phenoxy) is 3. The summed E-state index contributed by atoms with van der Waals surface area (Å²) in [5.41, 5.74) is -1.28. The van der Waals surface area contributed by atoms with Crippen LogP contribution in [0.4, 0.5) is 0 Å². The van der Waals surface area contributed by atoms with Crippen LogP contribution in [0.2, 0.25) is 0 Å². The minimum atomic E-state index is -0.782. The van der Waals surface area contributed by atoms with Crippen molar-refractivity contribution in [2.75, 3.05) is 6.61 Å². The highest BCUT2D eigenvalue weighted by Crippen LogP contribution is 2.30. The number of aromatic nitrogens is 2. The Balaban J connectivity index is 2.23. The van der Waals surface area contributed by atoms with Gasteiger partial charge in [0.15, 0.2) is 0 Å². The van der Waals surface area contributed by atoms with Crippen molar-refractivity contribution in [1.82, 2.24) is 9.55 Å². The van der Waals surface area contributed by atoms with Crippen molar-refractivity contribution in [3.63, 3.8) is 0 Å². The van der Waals surface area contributed by atoms with E-state index in [0.717, 1.165) is 4.57 Å². The van der Waals surface area contributed by atoms with E-state index in [0.29, 0.717) is 0 Å². The third-order valence-corrected chi connectivity index (χ3v) is 3.53. The van der Waals surface area contributed by atoms with E-state index in [2.05, 4.69) is 17.6 Å². The Kier molecular flexibility index (Phi) is 5.26. The number of H-pyrrole nitrogens is 1. The third kappa shape index (κ3) is 4.23. The smallest absolute Gasteiger partial charge is 0.330 e. The Labute approximate surface area is 136 Å². The maximum absolute atomic E-state index is 11.9. The summed E-state index contributed by atoms with van der Waals surface area (Å²) < 4.78 is 16.8. The van der Waals surface area contributed by atoms with Crippen LogP contribution in [0.5, 0.6) is 0 Å². The molecule has 3 atom stereocenters. The highest BCUT2D eigenvalue weighted by molar-refractivity contribution is 7.80. The average molecular weight is 344 g/mol. The standard InChI is InChI=1S/C13H16N2O7S/c1-6(16)20-5-9-8(21-7(2)17)3-11(22-9)15-4-10(23)12(18)14-13(15)19/h4,8-9,11,23H,3,5H2,1-2H3,(H,14,18,19)/t8-,9+,11+/m0/s1. The number of aromatic amines is 1. The first-order valence-corrected chi connectivity index (χ1v) is 7.23. The van der Waals surface area contributed by atoms with Crippen LogP contribution < -0.4 is 11.2 Å². The molecule has 0 aliphatic carbocycles. The average Bonchev–Trinajstić information content (AvgIpc) is 2.82. The second-order valence-corrected chi connectivity index (χ2v) is 5.48. The van der Waals surface area contributed by atoms with E-state index in [9.17, 15) is 19.2 Å². The Morgan fingerprint density at radius 2 is 2.09 bits per heavy atom. The molecule has 23 heavy (non-hydrogen) atoms. The van der Waals surface area contributed by atoms with Crippen molar-refractivity contribution in [2.45, 2.75) is 43.6 Å². The van der Waals surface area contributed by atoms with Crippen molar-refractivity contribution < 1.29 is 23.8 Å². The SMILES string of the molecule is CC(=O)OC[C@H]1O[C@@H](n2cc(S)c(=O)[nH]c2=O)C[C@@H]1OC(C)=O. The zero-order valence-corrected chi connectivity index (χ0v) is 13.4. The minimum Gasteiger partial charge on any atom is -0.463 e. The number of hydrogen-bond donors (Lipinski definition) is 2. The lowest BCUT2D eigenvalue weighted by molar-refractivity contribution is -0.155. The van der Waals surface area contributed by atoms with Crippen LogP contribution in [0.3, 0.4) is 0 Å². The molecule has 10 heteroatoms. The first-order valence-electron chi connectivity index (χ1n) is 6.78. The molecule has 1 aliphatic rings. The topological polar surface area (TPSA) is 117 Å². The maximum Gasteiger partial charge on any atom is 0.330 e. The van der Waals surface area contributed by atoms with E-state index < -0.39 is 41.6 Å². The molecule has 9 nitrogen and oxygen atoms in total. The van der Waals surface area contributed by atoms with Crippen LogP contribution in [0.25, 0.3) is 0 Å². The molecule has 1 aliphatic heterocycles. The summed E-state index contributed by atoms with van der Waals surface area (Å²) in [6.45, 7) is 2.37. The largest absolute Gasteiger partial charge is 0.463 e. The summed E-state index contributed by atoms with van der Waals surface area (Å²) in [5.74, 6) is -1.02. The van der Waals surface area contributed by atoms with E-state index in [-0.39, 0.29) is 17.9 Å². The van der Waals surface area contributed by atoms with Gasteiger partial charge in [-0.2, -0.15) is 0 Å². The Morgan fingerprint density at radius 1 is 1.39 bits per heavy atom. The van der Waals surface area contributed by atoms with Gasteiger partial charge in [-0.1, -0.05) is 0 Å². The molecule has 126 valence electrons. The molecule has 1 N–H and O–H groups in total. The predicted molar refractivity (Wildman–Crippen MR) is 79.3 cm³/mol. The van der Waals surface area contributed by atoms with E-state index in [1.165, 1.54) is 20.0 Å². The molecule has 0 amide bonds. The third-order valence-electron chi connectivity index (χ3n) is 3.21. The normalized spacial score (nSPS) is 23.5. The van der Waals surface area contributed by atoms with Crippen LogP contribution in [-0.2, 0) is 23.8 Å². The quantitative estimate of drug-likeness (QED) is 0.564. The van der Waals surface area contributed by atoms with Crippen LogP contribution in [-0.4, -0.2) is 40.3 Å². The van der Waals surface area contributed by atoms with E-state index in [4.69, 9.17) is 14.2 Å². The molecule has 0 bridgehead atoms. The lowest BCUT2D eigenvalue weighted by atomic mass is 10.2. The fourth-order valence-corrected chi connectivity index (χ4v) is 2.43. The number of nitrogens with zero attached hydrogens (tertiary/aromatic N) is 1. The molecule has 0 saturated carbocycles. The minimum absolute atomic E-state index is 0.0423. The molecule has 1 fully saturated rings. The van der Waals surface area contributed by atoms with Gasteiger partial charge in [0.05, 0.1) is 4.90 Å². The molecule has 0 aromatic carbocycles. The van der Waals surface area contributed by atoms with Crippen molar-refractivity contribution in [3.05, 3.63) is 27.0 Å². The van der Waals surface area contributed by atoms with Gasteiger partial charge >= 0.3 is 17.6 Å². The fraction of sp³-hybridized carbons (Fsp3) is 0.538. The molecule has 0 unspecified atom stereocenters. The van der Waals surface area contributed by atoms with Gasteiger partial charge in [-0.05, 0) is 0 Å². The van der Waals surface area contributed by atoms with Crippen molar-refractivity contribution in [3.8, 4) is 0 Å². The summed E-state index contributed by atoms with van der Waals surface area (Å²) in [4.78, 5) is 47.5. The predicted octanol–water partition coefficient (Wildman–Crippen LogP) is -0.392. The number of hydrogen-bond acceptors (Lipinski definition) is 8. The van der Waals surface area contributed by atoms with Crippen molar-refractivity contribution >= 4 is 24.6 Å². The first kappa shape index (κ1) is 17.3. The number of carbonyl (C=O) groups is 2. The monoisotopic (exact) mass is 344 g/mol. The summed E-state index contributed by atoms with van der Waals surface area (Å²) in [7, 11) is 0. The van der Waals surface area contributed by atoms with Gasteiger partial charge in [-0.25, -0.2) is 4.79 Å². The van der Waals surface area contributed by atoms with Crippen LogP contribution in [0.15, 0.2) is 20.7 Å². The highest BCUT2D eigenvalue weighted by atomic mass is 32.1. The van der Waals surface area contributed by atoms with Crippen LogP contribution in [0, 0.1) is 0 Å². The Hall–Kier alpha value is -2.07. The molecule has 0 spiro atoms. The van der Waals surface area contributed by atoms with Crippen molar-refractivity contribution in [2.24, 2.45) is 0 Å². The highest BCUT2D eigenvalue weighted by Gasteiger charge is 2.39. The first-order chi connectivity index (χ1) is 10.8. The zero-order chi connectivity index (χ0) is 17.1. The van der Waals surface area contributed by atoms with Gasteiger partial charge in [0.25, 0.3) is 5.56 Å². The lowest BCUT2D eigenvalue weighted by Crippen LogP contribution is -2.33. The summed E-state index contributed by atoms with van der Waals surface area (Å²) >= 11 is 3.96. The maximum atomic E-state index is 11.9. The van der Waals surface area contributed by atoms with E-state index >= 15 is 0 Å². The van der Waals surface area contributed by atoms with Gasteiger partial charge in [0, 0.05) is 26.5 Å². The van der Waals surface area contributed by atoms with Gasteiger partial charge < -0.3 is 14.2 Å². The number of nitrogens with one attached hydrogen (secondary N) is 1. The number of thiol groups is 1. The number of esters is 2. The van der Waals surface area contributed by atoms with Gasteiger partial charge in [-0.15, -0.1) is 12.6 Å². The molecule has 2 rings (SSSR count). The zero-order valence-electron chi connectivity index (χ0n) is 12.5. The number of carbonyl (C=O) groups excluding carboxylic acids is 2. The Bertz CT molecular complexity index is 726. The number of rotatable bonds is 4. The Morgan fingerprint density at radius 3 is 2.70 bits per heavy atom. The second kappa shape index (κ2) is 7.01. The van der Waals surface area contributed by atoms with Crippen LogP contribution >= 0.6 is 12.6 Å². The van der Waals surface area contributed by atoms with Gasteiger partial charge in [0.1, 0.15) is 25.0 Å². The molecular formula is C13H16N2O7S. The second-order valence-electron chi connectivity index (χ2n) is 5.00. The van der Waals surface area contributed by atoms with Gasteiger partial charge in [-0.3, -0.25) is 23.9 Å². The molecule has 1 saturated heterocycles. The van der Waals surface area contributed by atoms with E-state index in [1.54, 1.807) is 0 Å². The fourth-order valence-electron chi connectivity index (χ4n) is 2.25. The summed E-state index contributed by atoms with van der Waals surface area (Å²) in [5, 5.41) is 0. The molecule has 0 radical (unpaired) electrons. The molecule has 1 aromatic rings. The van der Waals surface area contributed by atoms with Gasteiger partial charge in [0.2, 0.25) is 0 Å². The van der Waals surface area contributed by atoms with Crippen LogP contribution in [0.1, 0.15) is 26.5 Å². The van der Waals surface area contributed by atoms with Crippen molar-refractivity contribution in [1.29, 1.82) is 0 Å². The molecule has 1 aromatic heterocycles. The van der Waals surface area contributed by atoms with E-state index in [1.807, 2.05) is 0 Å². The molecular weight excluding hydrogens is 328 g/mol. The summed E-state index contributed by atoms with van der Waals surface area (Å²) in [6, 6.07) is 0.